The third-order valence-corrected chi connectivity index (χ3v) is 5.52. The van der Waals surface area contributed by atoms with Gasteiger partial charge in [0.15, 0.2) is 5.13 Å². The number of ketones is 1. The first-order chi connectivity index (χ1) is 13.1. The molecule has 2 aromatic carbocycles. The van der Waals surface area contributed by atoms with E-state index in [0.717, 1.165) is 34.0 Å². The summed E-state index contributed by atoms with van der Waals surface area (Å²) in [5.41, 5.74) is 2.89. The Kier molecular flexibility index (Phi) is 4.87. The molecule has 0 atom stereocenters. The third-order valence-electron chi connectivity index (χ3n) is 4.44. The molecule has 0 spiro atoms. The average Bonchev–Trinajstić information content (AvgIpc) is 3.12. The van der Waals surface area contributed by atoms with Gasteiger partial charge in [0.2, 0.25) is 0 Å². The van der Waals surface area contributed by atoms with Crippen LogP contribution in [0.2, 0.25) is 0 Å². The van der Waals surface area contributed by atoms with Crippen LogP contribution in [0.3, 0.4) is 0 Å². The summed E-state index contributed by atoms with van der Waals surface area (Å²) in [4.78, 5) is 31.4. The minimum Gasteiger partial charge on any atom is -0.378 e. The molecule has 0 bridgehead atoms. The minimum absolute atomic E-state index is 0.381. The van der Waals surface area contributed by atoms with E-state index in [1.165, 1.54) is 0 Å². The summed E-state index contributed by atoms with van der Waals surface area (Å²) in [6, 6.07) is 12.5. The van der Waals surface area contributed by atoms with Crippen LogP contribution in [-0.4, -0.2) is 43.0 Å². The fourth-order valence-electron chi connectivity index (χ4n) is 2.90. The van der Waals surface area contributed by atoms with Gasteiger partial charge in [0.25, 0.3) is 11.7 Å². The summed E-state index contributed by atoms with van der Waals surface area (Å²) >= 11 is 1.57. The maximum Gasteiger partial charge on any atom is 0.296 e. The van der Waals surface area contributed by atoms with Gasteiger partial charge in [-0.25, -0.2) is 4.98 Å². The van der Waals surface area contributed by atoms with Crippen LogP contribution in [0.25, 0.3) is 10.2 Å². The van der Waals surface area contributed by atoms with Crippen LogP contribution >= 0.6 is 11.3 Å². The number of aromatic nitrogens is 1. The van der Waals surface area contributed by atoms with Gasteiger partial charge >= 0.3 is 0 Å². The van der Waals surface area contributed by atoms with Crippen LogP contribution in [0, 0.1) is 6.92 Å². The van der Waals surface area contributed by atoms with Gasteiger partial charge in [0.1, 0.15) is 0 Å². The van der Waals surface area contributed by atoms with Gasteiger partial charge in [0, 0.05) is 24.3 Å². The summed E-state index contributed by atoms with van der Waals surface area (Å²) in [5, 5.41) is 3.64. The second-order valence-electron chi connectivity index (χ2n) is 6.43. The highest BCUT2D eigenvalue weighted by molar-refractivity contribution is 7.22. The Morgan fingerprint density at radius 3 is 2.59 bits per heavy atom. The maximum absolute atomic E-state index is 12.3. The van der Waals surface area contributed by atoms with Crippen LogP contribution < -0.4 is 10.2 Å². The molecule has 0 unspecified atom stereocenters. The number of anilines is 2. The topological polar surface area (TPSA) is 71.5 Å². The van der Waals surface area contributed by atoms with E-state index in [9.17, 15) is 9.59 Å². The molecule has 4 rings (SSSR count). The van der Waals surface area contributed by atoms with Crippen LogP contribution in [0.1, 0.15) is 15.9 Å². The first-order valence-electron chi connectivity index (χ1n) is 8.76. The molecule has 1 aromatic heterocycles. The number of aryl methyl sites for hydroxylation is 1. The number of ether oxygens (including phenoxy) is 1. The minimum atomic E-state index is -0.642. The summed E-state index contributed by atoms with van der Waals surface area (Å²) in [7, 11) is 0. The number of morpholine rings is 1. The molecule has 0 radical (unpaired) electrons. The number of Topliss-reactive ketones (excluding diaryl/α,β-unsaturated/α-hetero) is 1. The number of carbonyl (C=O) groups excluding carboxylic acids is 2. The number of hydrogen-bond acceptors (Lipinski definition) is 6. The molecule has 1 saturated heterocycles. The van der Waals surface area contributed by atoms with Gasteiger partial charge in [-0.05, 0) is 25.1 Å². The smallest absolute Gasteiger partial charge is 0.296 e. The average molecular weight is 381 g/mol. The van der Waals surface area contributed by atoms with E-state index in [-0.39, 0.29) is 0 Å². The number of nitrogens with zero attached hydrogens (tertiary/aromatic N) is 2. The number of fused-ring (bicyclic) bond motifs is 1. The molecule has 0 aliphatic carbocycles. The van der Waals surface area contributed by atoms with Gasteiger partial charge in [0.05, 0.1) is 23.4 Å². The molecule has 6 nitrogen and oxygen atoms in total. The second-order valence-corrected chi connectivity index (χ2v) is 7.44. The molecule has 1 aliphatic heterocycles. The molecular weight excluding hydrogens is 362 g/mol. The van der Waals surface area contributed by atoms with Crippen molar-refractivity contribution in [1.82, 2.24) is 4.98 Å². The predicted octanol–water partition coefficient (Wildman–Crippen LogP) is 3.26. The van der Waals surface area contributed by atoms with Crippen molar-refractivity contribution in [3.05, 3.63) is 53.6 Å². The van der Waals surface area contributed by atoms with Crippen molar-refractivity contribution < 1.29 is 14.3 Å². The molecule has 7 heteroatoms. The van der Waals surface area contributed by atoms with Crippen LogP contribution in [-0.2, 0) is 9.53 Å². The Labute approximate surface area is 160 Å². The van der Waals surface area contributed by atoms with E-state index >= 15 is 0 Å². The van der Waals surface area contributed by atoms with Crippen molar-refractivity contribution in [3.8, 4) is 0 Å². The number of thiazole rings is 1. The molecule has 1 aliphatic rings. The van der Waals surface area contributed by atoms with Crippen molar-refractivity contribution in [2.45, 2.75) is 6.92 Å². The number of carbonyl (C=O) groups is 2. The van der Waals surface area contributed by atoms with Crippen molar-refractivity contribution in [3.63, 3.8) is 0 Å². The van der Waals surface area contributed by atoms with E-state index in [2.05, 4.69) is 15.2 Å². The van der Waals surface area contributed by atoms with E-state index in [0.29, 0.717) is 24.5 Å². The van der Waals surface area contributed by atoms with Gasteiger partial charge in [-0.1, -0.05) is 41.2 Å². The van der Waals surface area contributed by atoms with Crippen LogP contribution in [0.4, 0.5) is 10.8 Å². The summed E-state index contributed by atoms with van der Waals surface area (Å²) in [6.07, 6.45) is 0. The summed E-state index contributed by atoms with van der Waals surface area (Å²) in [5.74, 6) is -1.19. The molecular formula is C20H19N3O3S. The largest absolute Gasteiger partial charge is 0.378 e. The number of benzene rings is 2. The Morgan fingerprint density at radius 1 is 1.11 bits per heavy atom. The standard InChI is InChI=1S/C20H19N3O3S/c1-13-2-4-14(5-3-13)18(24)19(25)21-15-6-7-16-17(12-15)27-20(22-16)23-8-10-26-11-9-23/h2-7,12H,8-11H2,1H3,(H,21,25). The molecule has 0 saturated carbocycles. The first-order valence-corrected chi connectivity index (χ1v) is 9.57. The fourth-order valence-corrected chi connectivity index (χ4v) is 3.96. The van der Waals surface area contributed by atoms with Crippen molar-refractivity contribution >= 4 is 44.1 Å². The van der Waals surface area contributed by atoms with E-state index in [1.54, 1.807) is 29.5 Å². The fraction of sp³-hybridized carbons (Fsp3) is 0.250. The van der Waals surface area contributed by atoms with E-state index in [4.69, 9.17) is 4.74 Å². The van der Waals surface area contributed by atoms with Crippen molar-refractivity contribution in [2.75, 3.05) is 36.5 Å². The lowest BCUT2D eigenvalue weighted by molar-refractivity contribution is -0.112. The molecule has 2 heterocycles. The number of amides is 1. The molecule has 1 amide bonds. The quantitative estimate of drug-likeness (QED) is 0.555. The lowest BCUT2D eigenvalue weighted by Crippen LogP contribution is -2.36. The Balaban J connectivity index is 1.50. The molecule has 1 fully saturated rings. The Bertz CT molecular complexity index is 991. The summed E-state index contributed by atoms with van der Waals surface area (Å²) < 4.78 is 6.35. The highest BCUT2D eigenvalue weighted by atomic mass is 32.1. The highest BCUT2D eigenvalue weighted by Gasteiger charge is 2.18. The van der Waals surface area contributed by atoms with Crippen molar-refractivity contribution in [2.24, 2.45) is 0 Å². The number of rotatable bonds is 4. The maximum atomic E-state index is 12.3. The molecule has 3 aromatic rings. The second kappa shape index (κ2) is 7.46. The Morgan fingerprint density at radius 2 is 1.85 bits per heavy atom. The zero-order valence-electron chi connectivity index (χ0n) is 14.9. The monoisotopic (exact) mass is 381 g/mol. The molecule has 1 N–H and O–H groups in total. The zero-order valence-corrected chi connectivity index (χ0v) is 15.7. The normalized spacial score (nSPS) is 14.3. The predicted molar refractivity (Wildman–Crippen MR) is 107 cm³/mol. The number of hydrogen-bond donors (Lipinski definition) is 1. The summed E-state index contributed by atoms with van der Waals surface area (Å²) in [6.45, 7) is 5.00. The van der Waals surface area contributed by atoms with Gasteiger partial charge in [-0.15, -0.1) is 0 Å². The Hall–Kier alpha value is -2.77. The molecule has 138 valence electrons. The SMILES string of the molecule is Cc1ccc(C(=O)C(=O)Nc2ccc3nc(N4CCOCC4)sc3c2)cc1. The molecule has 27 heavy (non-hydrogen) atoms. The van der Waals surface area contributed by atoms with Crippen LogP contribution in [0.15, 0.2) is 42.5 Å². The van der Waals surface area contributed by atoms with Crippen molar-refractivity contribution in [1.29, 1.82) is 0 Å². The first kappa shape index (κ1) is 17.6. The lowest BCUT2D eigenvalue weighted by atomic mass is 10.1. The highest BCUT2D eigenvalue weighted by Crippen LogP contribution is 2.31. The van der Waals surface area contributed by atoms with Gasteiger partial charge in [-0.3, -0.25) is 9.59 Å². The van der Waals surface area contributed by atoms with E-state index in [1.807, 2.05) is 31.2 Å². The lowest BCUT2D eigenvalue weighted by Gasteiger charge is -2.25. The van der Waals surface area contributed by atoms with Gasteiger partial charge < -0.3 is 15.0 Å². The third kappa shape index (κ3) is 3.84. The van der Waals surface area contributed by atoms with E-state index < -0.39 is 11.7 Å². The zero-order chi connectivity index (χ0) is 18.8. The number of nitrogens with one attached hydrogen (secondary N) is 1. The van der Waals surface area contributed by atoms with Crippen LogP contribution in [0.5, 0.6) is 0 Å². The van der Waals surface area contributed by atoms with Gasteiger partial charge in [-0.2, -0.15) is 0 Å².